The van der Waals surface area contributed by atoms with Crippen molar-refractivity contribution in [2.75, 3.05) is 11.1 Å². The van der Waals surface area contributed by atoms with Gasteiger partial charge in [-0.25, -0.2) is 9.38 Å². The van der Waals surface area contributed by atoms with Gasteiger partial charge in [0.2, 0.25) is 5.91 Å². The fourth-order valence-electron chi connectivity index (χ4n) is 4.40. The Hall–Kier alpha value is -2.88. The Kier molecular flexibility index (Phi) is 6.22. The van der Waals surface area contributed by atoms with E-state index in [0.717, 1.165) is 50.9 Å². The summed E-state index contributed by atoms with van der Waals surface area (Å²) in [6.45, 7) is 2.01. The van der Waals surface area contributed by atoms with E-state index in [2.05, 4.69) is 39.8 Å². The van der Waals surface area contributed by atoms with E-state index < -0.39 is 0 Å². The van der Waals surface area contributed by atoms with Gasteiger partial charge in [0.25, 0.3) is 0 Å². The Morgan fingerprint density at radius 1 is 1.06 bits per heavy atom. The minimum absolute atomic E-state index is 0.0682. The molecule has 0 fully saturated rings. The zero-order valence-electron chi connectivity index (χ0n) is 19.2. The van der Waals surface area contributed by atoms with Crippen molar-refractivity contribution >= 4 is 62.3 Å². The number of hydrogen-bond donors (Lipinski definition) is 1. The van der Waals surface area contributed by atoms with E-state index in [1.807, 2.05) is 41.7 Å². The first kappa shape index (κ1) is 22.6. The van der Waals surface area contributed by atoms with Crippen molar-refractivity contribution < 1.29 is 4.79 Å². The van der Waals surface area contributed by atoms with Crippen LogP contribution in [0.4, 0.5) is 5.69 Å². The van der Waals surface area contributed by atoms with Gasteiger partial charge in [0.1, 0.15) is 4.83 Å². The normalized spacial score (nSPS) is 12.9. The van der Waals surface area contributed by atoms with Crippen LogP contribution in [0, 0.1) is 6.92 Å². The summed E-state index contributed by atoms with van der Waals surface area (Å²) in [5.41, 5.74) is 5.38. The number of carbonyl (C=O) groups is 1. The highest BCUT2D eigenvalue weighted by atomic mass is 32.2. The highest BCUT2D eigenvalue weighted by Gasteiger charge is 2.25. The average Bonchev–Trinajstić information content (AvgIpc) is 3.56. The third-order valence-electron chi connectivity index (χ3n) is 5.99. The summed E-state index contributed by atoms with van der Waals surface area (Å²) in [5, 5.41) is 14.8. The minimum atomic E-state index is -0.0682. The predicted molar refractivity (Wildman–Crippen MR) is 145 cm³/mol. The largest absolute Gasteiger partial charge is 0.325 e. The molecule has 0 unspecified atom stereocenters. The second kappa shape index (κ2) is 9.64. The van der Waals surface area contributed by atoms with Gasteiger partial charge in [0.15, 0.2) is 16.0 Å². The summed E-state index contributed by atoms with van der Waals surface area (Å²) < 4.78 is 2.05. The van der Waals surface area contributed by atoms with Crippen molar-refractivity contribution in [3.8, 4) is 0 Å². The number of rotatable bonds is 7. The molecule has 3 heterocycles. The van der Waals surface area contributed by atoms with E-state index in [9.17, 15) is 4.79 Å². The molecule has 35 heavy (non-hydrogen) atoms. The zero-order valence-corrected chi connectivity index (χ0v) is 21.6. The molecular formula is C26H23N5OS3. The number of amides is 1. The quantitative estimate of drug-likeness (QED) is 0.206. The lowest BCUT2D eigenvalue weighted by molar-refractivity contribution is -0.113. The molecule has 0 bridgehead atoms. The van der Waals surface area contributed by atoms with E-state index in [1.165, 1.54) is 34.2 Å². The molecule has 1 amide bonds. The number of nitrogens with one attached hydrogen (secondary N) is 1. The molecule has 0 saturated carbocycles. The second-order valence-electron chi connectivity index (χ2n) is 8.55. The third kappa shape index (κ3) is 4.55. The fourth-order valence-corrected chi connectivity index (χ4v) is 7.45. The molecule has 0 saturated heterocycles. The number of nitrogens with zero attached hydrogens (tertiary/aromatic N) is 4. The number of fused-ring (bicyclic) bond motifs is 5. The van der Waals surface area contributed by atoms with Crippen molar-refractivity contribution in [1.29, 1.82) is 0 Å². The molecular weight excluding hydrogens is 495 g/mol. The Morgan fingerprint density at radius 2 is 1.94 bits per heavy atom. The van der Waals surface area contributed by atoms with Gasteiger partial charge < -0.3 is 5.32 Å². The molecule has 0 atom stereocenters. The molecule has 3 aromatic heterocycles. The van der Waals surface area contributed by atoms with Crippen LogP contribution in [0.5, 0.6) is 0 Å². The Morgan fingerprint density at radius 3 is 2.80 bits per heavy atom. The number of hydrogen-bond acceptors (Lipinski definition) is 7. The summed E-state index contributed by atoms with van der Waals surface area (Å²) in [6.07, 6.45) is 3.37. The maximum Gasteiger partial charge on any atom is 0.234 e. The van der Waals surface area contributed by atoms with Crippen LogP contribution in [0.25, 0.3) is 15.9 Å². The van der Waals surface area contributed by atoms with Crippen molar-refractivity contribution in [2.24, 2.45) is 0 Å². The van der Waals surface area contributed by atoms with Gasteiger partial charge in [-0.3, -0.25) is 4.79 Å². The maximum absolute atomic E-state index is 12.7. The number of anilines is 1. The van der Waals surface area contributed by atoms with Gasteiger partial charge in [-0.15, -0.1) is 21.5 Å². The van der Waals surface area contributed by atoms with E-state index in [0.29, 0.717) is 5.16 Å². The summed E-state index contributed by atoms with van der Waals surface area (Å²) in [6, 6.07) is 18.2. The van der Waals surface area contributed by atoms with Crippen LogP contribution < -0.4 is 5.32 Å². The van der Waals surface area contributed by atoms with Crippen LogP contribution in [-0.2, 0) is 23.4 Å². The SMILES string of the molecule is Cc1cccc(NC(=O)CSc2nnc3c4c5c(sc4nc(SCc4ccccc4)n23)CCC5)c1. The predicted octanol–water partition coefficient (Wildman–Crippen LogP) is 6.16. The molecule has 0 aliphatic heterocycles. The lowest BCUT2D eigenvalue weighted by atomic mass is 10.2. The lowest BCUT2D eigenvalue weighted by Crippen LogP contribution is -2.14. The topological polar surface area (TPSA) is 72.2 Å². The minimum Gasteiger partial charge on any atom is -0.325 e. The van der Waals surface area contributed by atoms with Gasteiger partial charge >= 0.3 is 0 Å². The first-order valence-electron chi connectivity index (χ1n) is 11.5. The van der Waals surface area contributed by atoms with Crippen LogP contribution in [0.15, 0.2) is 64.9 Å². The van der Waals surface area contributed by atoms with Crippen molar-refractivity contribution in [3.05, 3.63) is 76.2 Å². The van der Waals surface area contributed by atoms with E-state index in [-0.39, 0.29) is 11.7 Å². The molecule has 1 N–H and O–H groups in total. The van der Waals surface area contributed by atoms with Crippen LogP contribution in [0.3, 0.4) is 0 Å². The third-order valence-corrected chi connectivity index (χ3v) is 9.12. The average molecular weight is 518 g/mol. The Balaban J connectivity index is 1.32. The van der Waals surface area contributed by atoms with E-state index in [4.69, 9.17) is 4.98 Å². The number of carbonyl (C=O) groups excluding carboxylic acids is 1. The van der Waals surface area contributed by atoms with Gasteiger partial charge in [0, 0.05) is 16.3 Å². The molecule has 5 aromatic rings. The fraction of sp³-hybridized carbons (Fsp3) is 0.231. The summed E-state index contributed by atoms with van der Waals surface area (Å²) in [5.74, 6) is 0.980. The monoisotopic (exact) mass is 517 g/mol. The summed E-state index contributed by atoms with van der Waals surface area (Å²) in [4.78, 5) is 20.2. The van der Waals surface area contributed by atoms with E-state index >= 15 is 0 Å². The van der Waals surface area contributed by atoms with Crippen molar-refractivity contribution in [1.82, 2.24) is 19.6 Å². The van der Waals surface area contributed by atoms with Crippen LogP contribution in [0.2, 0.25) is 0 Å². The van der Waals surface area contributed by atoms with Crippen LogP contribution >= 0.6 is 34.9 Å². The molecule has 0 spiro atoms. The maximum atomic E-state index is 12.7. The number of aryl methyl sites for hydroxylation is 3. The number of thioether (sulfide) groups is 2. The molecule has 6 nitrogen and oxygen atoms in total. The Labute approximate surface area is 215 Å². The molecule has 176 valence electrons. The highest BCUT2D eigenvalue weighted by Crippen LogP contribution is 2.40. The number of thiophene rings is 1. The van der Waals surface area contributed by atoms with Crippen LogP contribution in [0.1, 0.15) is 28.0 Å². The highest BCUT2D eigenvalue weighted by molar-refractivity contribution is 8.00. The molecule has 6 rings (SSSR count). The first-order chi connectivity index (χ1) is 17.2. The van der Waals surface area contributed by atoms with Gasteiger partial charge in [-0.2, -0.15) is 0 Å². The molecule has 2 aromatic carbocycles. The smallest absolute Gasteiger partial charge is 0.234 e. The Bertz CT molecular complexity index is 1540. The van der Waals surface area contributed by atoms with Crippen LogP contribution in [-0.4, -0.2) is 31.2 Å². The molecule has 0 radical (unpaired) electrons. The standard InChI is InChI=1S/C26H23N5OS3/c1-16-7-5-10-18(13-16)27-21(32)15-34-26-30-29-23-22-19-11-6-12-20(19)35-24(22)28-25(31(23)26)33-14-17-8-3-2-4-9-17/h2-5,7-10,13H,6,11-12,14-15H2,1H3,(H,27,32). The van der Waals surface area contributed by atoms with E-state index in [1.54, 1.807) is 23.1 Å². The molecule has 1 aliphatic rings. The van der Waals surface area contributed by atoms with Crippen molar-refractivity contribution in [3.63, 3.8) is 0 Å². The number of benzene rings is 2. The molecule has 1 aliphatic carbocycles. The van der Waals surface area contributed by atoms with Gasteiger partial charge in [-0.05, 0) is 55.0 Å². The van der Waals surface area contributed by atoms with Gasteiger partial charge in [-0.1, -0.05) is 66.0 Å². The lowest BCUT2D eigenvalue weighted by Gasteiger charge is -2.09. The summed E-state index contributed by atoms with van der Waals surface area (Å²) >= 11 is 4.87. The molecule has 9 heteroatoms. The zero-order chi connectivity index (χ0) is 23.8. The number of aromatic nitrogens is 4. The summed E-state index contributed by atoms with van der Waals surface area (Å²) in [7, 11) is 0. The van der Waals surface area contributed by atoms with Crippen molar-refractivity contribution in [2.45, 2.75) is 42.3 Å². The first-order valence-corrected chi connectivity index (χ1v) is 14.3. The van der Waals surface area contributed by atoms with Gasteiger partial charge in [0.05, 0.1) is 11.1 Å². The second-order valence-corrected chi connectivity index (χ2v) is 11.5.